The van der Waals surface area contributed by atoms with E-state index in [9.17, 15) is 4.79 Å². The van der Waals surface area contributed by atoms with E-state index >= 15 is 0 Å². The molecule has 0 spiro atoms. The standard InChI is InChI=1S/C8H15NO/c1-3-9-5-7(2)4-8(10)6-9/h7H,3-6H2,1-2H3/t7-/m0/s1. The maximum absolute atomic E-state index is 11.0. The first-order valence-electron chi connectivity index (χ1n) is 3.96. The fraction of sp³-hybridized carbons (Fsp3) is 0.875. The van der Waals surface area contributed by atoms with E-state index in [4.69, 9.17) is 0 Å². The average Bonchev–Trinajstić information content (AvgIpc) is 1.85. The van der Waals surface area contributed by atoms with Crippen molar-refractivity contribution in [1.29, 1.82) is 0 Å². The molecule has 1 atom stereocenters. The SMILES string of the molecule is CCN1CC(=O)C[C@H](C)C1. The first kappa shape index (κ1) is 7.73. The van der Waals surface area contributed by atoms with Crippen molar-refractivity contribution in [3.05, 3.63) is 0 Å². The zero-order chi connectivity index (χ0) is 7.56. The van der Waals surface area contributed by atoms with Crippen molar-refractivity contribution in [2.75, 3.05) is 19.6 Å². The molecule has 1 heterocycles. The number of piperidine rings is 1. The van der Waals surface area contributed by atoms with Crippen molar-refractivity contribution < 1.29 is 4.79 Å². The first-order valence-corrected chi connectivity index (χ1v) is 3.96. The summed E-state index contributed by atoms with van der Waals surface area (Å²) >= 11 is 0. The minimum Gasteiger partial charge on any atom is -0.298 e. The largest absolute Gasteiger partial charge is 0.298 e. The molecule has 0 bridgehead atoms. The summed E-state index contributed by atoms with van der Waals surface area (Å²) in [6.45, 7) is 7.03. The normalized spacial score (nSPS) is 29.0. The fourth-order valence-electron chi connectivity index (χ4n) is 1.51. The van der Waals surface area contributed by atoms with Crippen molar-refractivity contribution in [3.63, 3.8) is 0 Å². The molecule has 0 N–H and O–H groups in total. The minimum absolute atomic E-state index is 0.403. The Bertz CT molecular complexity index is 133. The molecule has 0 aliphatic carbocycles. The van der Waals surface area contributed by atoms with Gasteiger partial charge in [-0.3, -0.25) is 9.69 Å². The highest BCUT2D eigenvalue weighted by Crippen LogP contribution is 2.11. The molecule has 0 aromatic rings. The van der Waals surface area contributed by atoms with Gasteiger partial charge in [-0.1, -0.05) is 13.8 Å². The van der Waals surface area contributed by atoms with Crippen molar-refractivity contribution in [2.24, 2.45) is 5.92 Å². The van der Waals surface area contributed by atoms with Crippen LogP contribution in [0.2, 0.25) is 0 Å². The topological polar surface area (TPSA) is 20.3 Å². The third kappa shape index (κ3) is 1.81. The van der Waals surface area contributed by atoms with Gasteiger partial charge >= 0.3 is 0 Å². The highest BCUT2D eigenvalue weighted by molar-refractivity contribution is 5.81. The summed E-state index contributed by atoms with van der Waals surface area (Å²) in [5.41, 5.74) is 0. The second-order valence-corrected chi connectivity index (χ2v) is 3.18. The van der Waals surface area contributed by atoms with E-state index in [2.05, 4.69) is 18.7 Å². The summed E-state index contributed by atoms with van der Waals surface area (Å²) < 4.78 is 0. The number of carbonyl (C=O) groups is 1. The smallest absolute Gasteiger partial charge is 0.147 e. The lowest BCUT2D eigenvalue weighted by molar-refractivity contribution is -0.123. The molecule has 10 heavy (non-hydrogen) atoms. The number of Topliss-reactive ketones (excluding diaryl/α,β-unsaturated/α-hetero) is 1. The van der Waals surface area contributed by atoms with Crippen LogP contribution in [-0.2, 0) is 4.79 Å². The van der Waals surface area contributed by atoms with E-state index in [-0.39, 0.29) is 0 Å². The lowest BCUT2D eigenvalue weighted by Gasteiger charge is -2.28. The van der Waals surface area contributed by atoms with Crippen LogP contribution in [0.25, 0.3) is 0 Å². The van der Waals surface area contributed by atoms with Gasteiger partial charge in [0.1, 0.15) is 5.78 Å². The summed E-state index contributed by atoms with van der Waals surface area (Å²) in [6, 6.07) is 0. The molecule has 58 valence electrons. The summed E-state index contributed by atoms with van der Waals surface area (Å²) in [4.78, 5) is 13.2. The predicted molar refractivity (Wildman–Crippen MR) is 40.9 cm³/mol. The first-order chi connectivity index (χ1) is 4.72. The summed E-state index contributed by atoms with van der Waals surface area (Å²) in [7, 11) is 0. The second kappa shape index (κ2) is 3.15. The van der Waals surface area contributed by atoms with Gasteiger partial charge in [0, 0.05) is 13.0 Å². The molecule has 0 unspecified atom stereocenters. The van der Waals surface area contributed by atoms with Crippen LogP contribution in [0.1, 0.15) is 20.3 Å². The van der Waals surface area contributed by atoms with Crippen LogP contribution in [0.4, 0.5) is 0 Å². The number of rotatable bonds is 1. The van der Waals surface area contributed by atoms with E-state index in [1.807, 2.05) is 0 Å². The number of hydrogen-bond donors (Lipinski definition) is 0. The molecule has 0 saturated carbocycles. The molecular formula is C8H15NO. The Morgan fingerprint density at radius 3 is 2.90 bits per heavy atom. The van der Waals surface area contributed by atoms with E-state index in [0.29, 0.717) is 18.2 Å². The van der Waals surface area contributed by atoms with Gasteiger partial charge in [-0.2, -0.15) is 0 Å². The lowest BCUT2D eigenvalue weighted by atomic mass is 9.99. The predicted octanol–water partition coefficient (Wildman–Crippen LogP) is 0.917. The summed E-state index contributed by atoms with van der Waals surface area (Å²) in [6.07, 6.45) is 0.788. The van der Waals surface area contributed by atoms with Gasteiger partial charge in [-0.15, -0.1) is 0 Å². The van der Waals surface area contributed by atoms with Gasteiger partial charge in [-0.05, 0) is 12.5 Å². The van der Waals surface area contributed by atoms with Crippen LogP contribution >= 0.6 is 0 Å². The van der Waals surface area contributed by atoms with Crippen LogP contribution in [-0.4, -0.2) is 30.3 Å². The molecule has 1 fully saturated rings. The van der Waals surface area contributed by atoms with Crippen LogP contribution in [0, 0.1) is 5.92 Å². The summed E-state index contributed by atoms with van der Waals surface area (Å²) in [5.74, 6) is 0.974. The Labute approximate surface area is 62.2 Å². The van der Waals surface area contributed by atoms with Crippen molar-refractivity contribution in [3.8, 4) is 0 Å². The Balaban J connectivity index is 2.42. The number of hydrogen-bond acceptors (Lipinski definition) is 2. The van der Waals surface area contributed by atoms with Crippen molar-refractivity contribution in [2.45, 2.75) is 20.3 Å². The number of likely N-dealkylation sites (tertiary alicyclic amines) is 1. The highest BCUT2D eigenvalue weighted by atomic mass is 16.1. The molecule has 0 aromatic heterocycles. The Morgan fingerprint density at radius 1 is 1.70 bits per heavy atom. The molecule has 1 rings (SSSR count). The Morgan fingerprint density at radius 2 is 2.40 bits per heavy atom. The number of ketones is 1. The molecular weight excluding hydrogens is 126 g/mol. The van der Waals surface area contributed by atoms with Crippen molar-refractivity contribution in [1.82, 2.24) is 4.90 Å². The maximum Gasteiger partial charge on any atom is 0.147 e. The average molecular weight is 141 g/mol. The van der Waals surface area contributed by atoms with E-state index in [1.165, 1.54) is 0 Å². The fourth-order valence-corrected chi connectivity index (χ4v) is 1.51. The van der Waals surface area contributed by atoms with Gasteiger partial charge in [0.15, 0.2) is 0 Å². The number of likely N-dealkylation sites (N-methyl/N-ethyl adjacent to an activating group) is 1. The third-order valence-electron chi connectivity index (χ3n) is 1.99. The van der Waals surface area contributed by atoms with E-state index in [1.54, 1.807) is 0 Å². The van der Waals surface area contributed by atoms with Crippen LogP contribution in [0.5, 0.6) is 0 Å². The molecule has 0 aromatic carbocycles. The molecule has 2 heteroatoms. The zero-order valence-electron chi connectivity index (χ0n) is 6.76. The zero-order valence-corrected chi connectivity index (χ0v) is 6.76. The van der Waals surface area contributed by atoms with Crippen LogP contribution in [0.3, 0.4) is 0 Å². The molecule has 1 aliphatic rings. The number of nitrogens with zero attached hydrogens (tertiary/aromatic N) is 1. The molecule has 0 amide bonds. The van der Waals surface area contributed by atoms with E-state index in [0.717, 1.165) is 19.5 Å². The molecule has 0 radical (unpaired) electrons. The van der Waals surface area contributed by atoms with Crippen molar-refractivity contribution >= 4 is 5.78 Å². The van der Waals surface area contributed by atoms with Crippen LogP contribution < -0.4 is 0 Å². The number of carbonyl (C=O) groups excluding carboxylic acids is 1. The minimum atomic E-state index is 0.403. The Kier molecular flexibility index (Phi) is 2.44. The second-order valence-electron chi connectivity index (χ2n) is 3.18. The molecule has 2 nitrogen and oxygen atoms in total. The van der Waals surface area contributed by atoms with Crippen LogP contribution in [0.15, 0.2) is 0 Å². The monoisotopic (exact) mass is 141 g/mol. The third-order valence-corrected chi connectivity index (χ3v) is 1.99. The van der Waals surface area contributed by atoms with Gasteiger partial charge in [0.2, 0.25) is 0 Å². The quantitative estimate of drug-likeness (QED) is 0.541. The van der Waals surface area contributed by atoms with Gasteiger partial charge < -0.3 is 0 Å². The highest BCUT2D eigenvalue weighted by Gasteiger charge is 2.20. The molecule has 1 saturated heterocycles. The van der Waals surface area contributed by atoms with Gasteiger partial charge in [0.25, 0.3) is 0 Å². The van der Waals surface area contributed by atoms with Gasteiger partial charge in [0.05, 0.1) is 6.54 Å². The maximum atomic E-state index is 11.0. The molecule has 1 aliphatic heterocycles. The Hall–Kier alpha value is -0.370. The van der Waals surface area contributed by atoms with Gasteiger partial charge in [-0.25, -0.2) is 0 Å². The summed E-state index contributed by atoms with van der Waals surface area (Å²) in [5, 5.41) is 0. The lowest BCUT2D eigenvalue weighted by Crippen LogP contribution is -2.39. The van der Waals surface area contributed by atoms with E-state index < -0.39 is 0 Å².